The van der Waals surface area contributed by atoms with Crippen molar-refractivity contribution in [2.45, 2.75) is 13.0 Å². The Balaban J connectivity index is 2.73. The van der Waals surface area contributed by atoms with E-state index in [1.807, 2.05) is 0 Å². The summed E-state index contributed by atoms with van der Waals surface area (Å²) in [6.45, 7) is 0.787. The predicted molar refractivity (Wildman–Crippen MR) is 70.2 cm³/mol. The third-order valence-corrected chi connectivity index (χ3v) is 3.21. The molecule has 1 heterocycles. The number of halogens is 1. The Morgan fingerprint density at radius 3 is 2.82 bits per heavy atom. The van der Waals surface area contributed by atoms with Gasteiger partial charge in [-0.15, -0.1) is 0 Å². The maximum Gasteiger partial charge on any atom is 0.328 e. The molecule has 0 unspecified atom stereocenters. The van der Waals surface area contributed by atoms with E-state index < -0.39 is 5.69 Å². The molecular weight excluding hydrogens is 286 g/mol. The summed E-state index contributed by atoms with van der Waals surface area (Å²) in [5.74, 6) is 0. The van der Waals surface area contributed by atoms with E-state index in [2.05, 4.69) is 20.9 Å². The minimum atomic E-state index is -0.400. The van der Waals surface area contributed by atoms with Gasteiger partial charge in [0.05, 0.1) is 10.9 Å². The molecule has 0 spiro atoms. The Labute approximate surface area is 105 Å². The highest BCUT2D eigenvalue weighted by molar-refractivity contribution is 9.10. The molecule has 0 atom stereocenters. The second kappa shape index (κ2) is 4.85. The fourth-order valence-electron chi connectivity index (χ4n) is 1.69. The monoisotopic (exact) mass is 297 g/mol. The Morgan fingerprint density at radius 1 is 1.35 bits per heavy atom. The molecule has 0 radical (unpaired) electrons. The molecule has 0 saturated carbocycles. The van der Waals surface area contributed by atoms with Crippen molar-refractivity contribution in [3.8, 4) is 0 Å². The third-order valence-electron chi connectivity index (χ3n) is 2.55. The number of nitrogens with zero attached hydrogens (tertiary/aromatic N) is 1. The molecule has 5 nitrogen and oxygen atoms in total. The van der Waals surface area contributed by atoms with Gasteiger partial charge < -0.3 is 10.7 Å². The summed E-state index contributed by atoms with van der Waals surface area (Å²) < 4.78 is 1.89. The van der Waals surface area contributed by atoms with E-state index in [0.29, 0.717) is 34.9 Å². The van der Waals surface area contributed by atoms with Gasteiger partial charge in [0.25, 0.3) is 5.56 Å². The molecule has 0 fully saturated rings. The maximum absolute atomic E-state index is 12.1. The van der Waals surface area contributed by atoms with Crippen LogP contribution in [0.2, 0.25) is 0 Å². The van der Waals surface area contributed by atoms with E-state index in [-0.39, 0.29) is 5.56 Å². The van der Waals surface area contributed by atoms with Crippen LogP contribution in [-0.4, -0.2) is 16.1 Å². The number of fused-ring (bicyclic) bond motifs is 1. The van der Waals surface area contributed by atoms with Crippen molar-refractivity contribution in [3.63, 3.8) is 0 Å². The lowest BCUT2D eigenvalue weighted by atomic mass is 10.2. The number of hydrogen-bond acceptors (Lipinski definition) is 3. The molecule has 6 heteroatoms. The van der Waals surface area contributed by atoms with Gasteiger partial charge in [-0.1, -0.05) is 6.07 Å². The Bertz CT molecular complexity index is 660. The molecule has 2 aromatic rings. The first kappa shape index (κ1) is 12.1. The number of H-pyrrole nitrogens is 1. The average molecular weight is 298 g/mol. The molecule has 0 saturated heterocycles. The lowest BCUT2D eigenvalue weighted by molar-refractivity contribution is 0.603. The summed E-state index contributed by atoms with van der Waals surface area (Å²) >= 11 is 3.30. The van der Waals surface area contributed by atoms with Crippen LogP contribution in [0.15, 0.2) is 32.3 Å². The number of rotatable bonds is 3. The first-order valence-corrected chi connectivity index (χ1v) is 6.06. The van der Waals surface area contributed by atoms with Crippen LogP contribution in [0.25, 0.3) is 10.9 Å². The minimum Gasteiger partial charge on any atom is -0.330 e. The zero-order valence-corrected chi connectivity index (χ0v) is 10.7. The topological polar surface area (TPSA) is 80.9 Å². The van der Waals surface area contributed by atoms with Crippen LogP contribution in [0.5, 0.6) is 0 Å². The van der Waals surface area contributed by atoms with Crippen molar-refractivity contribution in [1.29, 1.82) is 0 Å². The van der Waals surface area contributed by atoms with Crippen molar-refractivity contribution in [2.24, 2.45) is 5.73 Å². The summed E-state index contributed by atoms with van der Waals surface area (Å²) in [6, 6.07) is 5.23. The standard InChI is InChI=1S/C11H12BrN3O2/c12-8-4-1-3-7-9(8)14-11(17)15(10(7)16)6-2-5-13/h1,3-4H,2,5-6,13H2,(H,14,17). The molecular formula is C11H12BrN3O2. The highest BCUT2D eigenvalue weighted by Gasteiger charge is 2.08. The molecule has 3 N–H and O–H groups in total. The number of aromatic nitrogens is 2. The van der Waals surface area contributed by atoms with E-state index in [1.54, 1.807) is 18.2 Å². The van der Waals surface area contributed by atoms with Crippen molar-refractivity contribution in [2.75, 3.05) is 6.54 Å². The number of hydrogen-bond donors (Lipinski definition) is 2. The number of para-hydroxylation sites is 1. The summed E-state index contributed by atoms with van der Waals surface area (Å²) in [5, 5.41) is 0.496. The minimum absolute atomic E-state index is 0.279. The SMILES string of the molecule is NCCCn1c(=O)[nH]c2c(Br)cccc2c1=O. The second-order valence-electron chi connectivity index (χ2n) is 3.69. The van der Waals surface area contributed by atoms with Crippen LogP contribution in [0, 0.1) is 0 Å². The normalized spacial score (nSPS) is 10.9. The van der Waals surface area contributed by atoms with Gasteiger partial charge in [0.2, 0.25) is 0 Å². The predicted octanol–water partition coefficient (Wildman–Crippen LogP) is 0.801. The smallest absolute Gasteiger partial charge is 0.328 e. The summed E-state index contributed by atoms with van der Waals surface area (Å²) in [5.41, 5.74) is 5.23. The van der Waals surface area contributed by atoms with Crippen LogP contribution < -0.4 is 17.0 Å². The van der Waals surface area contributed by atoms with Gasteiger partial charge in [0.15, 0.2) is 0 Å². The van der Waals surface area contributed by atoms with E-state index in [1.165, 1.54) is 4.57 Å². The van der Waals surface area contributed by atoms with E-state index >= 15 is 0 Å². The van der Waals surface area contributed by atoms with Crippen molar-refractivity contribution in [1.82, 2.24) is 9.55 Å². The molecule has 1 aromatic heterocycles. The van der Waals surface area contributed by atoms with E-state index in [4.69, 9.17) is 5.73 Å². The van der Waals surface area contributed by atoms with Crippen LogP contribution in [0.1, 0.15) is 6.42 Å². The second-order valence-corrected chi connectivity index (χ2v) is 4.55. The molecule has 90 valence electrons. The molecule has 0 aliphatic rings. The highest BCUT2D eigenvalue weighted by atomic mass is 79.9. The number of nitrogens with one attached hydrogen (secondary N) is 1. The van der Waals surface area contributed by atoms with Crippen LogP contribution in [0.3, 0.4) is 0 Å². The summed E-state index contributed by atoms with van der Waals surface area (Å²) in [4.78, 5) is 26.5. The van der Waals surface area contributed by atoms with Crippen LogP contribution in [0.4, 0.5) is 0 Å². The van der Waals surface area contributed by atoms with E-state index in [9.17, 15) is 9.59 Å². The Kier molecular flexibility index (Phi) is 3.44. The van der Waals surface area contributed by atoms with Gasteiger partial charge in [-0.3, -0.25) is 9.36 Å². The van der Waals surface area contributed by atoms with Crippen LogP contribution in [-0.2, 0) is 6.54 Å². The molecule has 0 amide bonds. The fraction of sp³-hybridized carbons (Fsp3) is 0.273. The summed E-state index contributed by atoms with van der Waals surface area (Å²) in [7, 11) is 0. The zero-order valence-electron chi connectivity index (χ0n) is 9.07. The number of benzene rings is 1. The van der Waals surface area contributed by atoms with Gasteiger partial charge in [0.1, 0.15) is 0 Å². The lowest BCUT2D eigenvalue weighted by Crippen LogP contribution is -2.35. The molecule has 0 bridgehead atoms. The van der Waals surface area contributed by atoms with Crippen molar-refractivity contribution >= 4 is 26.8 Å². The number of nitrogens with two attached hydrogens (primary N) is 1. The van der Waals surface area contributed by atoms with Crippen LogP contribution >= 0.6 is 15.9 Å². The first-order valence-electron chi connectivity index (χ1n) is 5.26. The lowest BCUT2D eigenvalue weighted by Gasteiger charge is -2.06. The fourth-order valence-corrected chi connectivity index (χ4v) is 2.16. The molecule has 2 rings (SSSR count). The quantitative estimate of drug-likeness (QED) is 0.879. The third kappa shape index (κ3) is 2.18. The molecule has 17 heavy (non-hydrogen) atoms. The molecule has 1 aromatic carbocycles. The maximum atomic E-state index is 12.1. The molecule has 0 aliphatic carbocycles. The van der Waals surface area contributed by atoms with Crippen molar-refractivity contribution in [3.05, 3.63) is 43.5 Å². The van der Waals surface area contributed by atoms with Gasteiger partial charge >= 0.3 is 5.69 Å². The Hall–Kier alpha value is -1.40. The van der Waals surface area contributed by atoms with Gasteiger partial charge in [-0.25, -0.2) is 4.79 Å². The largest absolute Gasteiger partial charge is 0.330 e. The van der Waals surface area contributed by atoms with Gasteiger partial charge in [-0.05, 0) is 41.0 Å². The van der Waals surface area contributed by atoms with Gasteiger partial charge in [0, 0.05) is 11.0 Å². The zero-order chi connectivity index (χ0) is 12.4. The summed E-state index contributed by atoms with van der Waals surface area (Å²) in [6.07, 6.45) is 0.600. The average Bonchev–Trinajstić information content (AvgIpc) is 2.31. The van der Waals surface area contributed by atoms with E-state index in [0.717, 1.165) is 0 Å². The first-order chi connectivity index (χ1) is 8.15. The molecule has 0 aliphatic heterocycles. The van der Waals surface area contributed by atoms with Crippen molar-refractivity contribution < 1.29 is 0 Å². The number of aromatic amines is 1. The Morgan fingerprint density at radius 2 is 2.12 bits per heavy atom. The van der Waals surface area contributed by atoms with Gasteiger partial charge in [-0.2, -0.15) is 0 Å². The highest BCUT2D eigenvalue weighted by Crippen LogP contribution is 2.17.